The first-order valence-electron chi connectivity index (χ1n) is 10.3. The van der Waals surface area contributed by atoms with Gasteiger partial charge in [-0.1, -0.05) is 6.92 Å². The summed E-state index contributed by atoms with van der Waals surface area (Å²) in [5, 5.41) is 0. The van der Waals surface area contributed by atoms with Gasteiger partial charge in [-0.25, -0.2) is 16.8 Å². The molecule has 0 radical (unpaired) electrons. The minimum absolute atomic E-state index is 0.0774. The van der Waals surface area contributed by atoms with Crippen LogP contribution >= 0.6 is 0 Å². The molecule has 3 rings (SSSR count). The molecule has 2 fully saturated rings. The van der Waals surface area contributed by atoms with E-state index in [1.165, 1.54) is 28.6 Å². The Kier molecular flexibility index (Phi) is 7.58. The molecule has 0 spiro atoms. The second kappa shape index (κ2) is 9.82. The van der Waals surface area contributed by atoms with Gasteiger partial charge in [-0.2, -0.15) is 4.31 Å². The van der Waals surface area contributed by atoms with Gasteiger partial charge in [0.25, 0.3) is 0 Å². The molecule has 0 N–H and O–H groups in total. The van der Waals surface area contributed by atoms with Crippen molar-refractivity contribution >= 4 is 31.6 Å². The fourth-order valence-corrected chi connectivity index (χ4v) is 5.91. The molecule has 1 aromatic rings. The predicted octanol–water partition coefficient (Wildman–Crippen LogP) is -0.362. The monoisotopic (exact) mass is 474 g/mol. The van der Waals surface area contributed by atoms with E-state index in [1.807, 2.05) is 0 Å². The molecule has 0 unspecified atom stereocenters. The van der Waals surface area contributed by atoms with E-state index in [9.17, 15) is 21.6 Å². The maximum absolute atomic E-state index is 12.8. The van der Waals surface area contributed by atoms with Crippen molar-refractivity contribution in [1.82, 2.24) is 14.1 Å². The van der Waals surface area contributed by atoms with Gasteiger partial charge < -0.3 is 14.5 Å². The lowest BCUT2D eigenvalue weighted by atomic mass is 10.3. The van der Waals surface area contributed by atoms with Gasteiger partial charge in [-0.3, -0.25) is 9.10 Å². The number of benzene rings is 1. The van der Waals surface area contributed by atoms with Crippen LogP contribution in [0.4, 0.5) is 5.69 Å². The van der Waals surface area contributed by atoms with E-state index < -0.39 is 20.0 Å². The number of anilines is 1. The van der Waals surface area contributed by atoms with Crippen molar-refractivity contribution in [1.29, 1.82) is 0 Å². The Morgan fingerprint density at radius 3 is 2.06 bits per heavy atom. The number of hydrogen-bond donors (Lipinski definition) is 0. The first-order chi connectivity index (χ1) is 14.6. The fourth-order valence-electron chi connectivity index (χ4n) is 3.66. The summed E-state index contributed by atoms with van der Waals surface area (Å²) in [5.41, 5.74) is 0.254. The van der Waals surface area contributed by atoms with Gasteiger partial charge in [-0.05, 0) is 30.8 Å². The van der Waals surface area contributed by atoms with Gasteiger partial charge >= 0.3 is 0 Å². The van der Waals surface area contributed by atoms with Crippen molar-refractivity contribution in [2.24, 2.45) is 0 Å². The van der Waals surface area contributed by atoms with Crippen molar-refractivity contribution < 1.29 is 26.4 Å². The van der Waals surface area contributed by atoms with Crippen molar-refractivity contribution in [3.05, 3.63) is 24.3 Å². The largest absolute Gasteiger partial charge is 0.379 e. The van der Waals surface area contributed by atoms with E-state index in [0.717, 1.165) is 30.2 Å². The van der Waals surface area contributed by atoms with Crippen LogP contribution in [0.25, 0.3) is 0 Å². The third kappa shape index (κ3) is 5.75. The van der Waals surface area contributed by atoms with Crippen LogP contribution in [0.15, 0.2) is 29.2 Å². The number of carbonyl (C=O) groups is 1. The summed E-state index contributed by atoms with van der Waals surface area (Å²) >= 11 is 0. The lowest BCUT2D eigenvalue weighted by Gasteiger charge is -2.35. The van der Waals surface area contributed by atoms with Crippen LogP contribution in [-0.2, 0) is 29.6 Å². The highest BCUT2D eigenvalue weighted by molar-refractivity contribution is 7.92. The van der Waals surface area contributed by atoms with E-state index in [4.69, 9.17) is 4.74 Å². The molecule has 1 amide bonds. The van der Waals surface area contributed by atoms with Crippen LogP contribution in [-0.4, -0.2) is 109 Å². The molecular formula is C19H30N4O6S2. The van der Waals surface area contributed by atoms with Gasteiger partial charge in [0.05, 0.1) is 30.1 Å². The van der Waals surface area contributed by atoms with E-state index in [2.05, 4.69) is 11.8 Å². The van der Waals surface area contributed by atoms with E-state index >= 15 is 0 Å². The molecule has 12 heteroatoms. The molecule has 31 heavy (non-hydrogen) atoms. The van der Waals surface area contributed by atoms with Crippen LogP contribution in [0.2, 0.25) is 0 Å². The predicted molar refractivity (Wildman–Crippen MR) is 117 cm³/mol. The Balaban J connectivity index is 1.75. The average Bonchev–Trinajstić information content (AvgIpc) is 2.77. The van der Waals surface area contributed by atoms with Gasteiger partial charge in [0, 0.05) is 39.3 Å². The standard InChI is InChI=1S/C19H30N4O6S2/c1-3-20-8-10-21(11-9-20)19(24)16-23(30(2,25)26)17-4-6-18(7-5-17)31(27,28)22-12-14-29-15-13-22/h4-7H,3,8-16H2,1-2H3. The molecule has 0 saturated carbocycles. The van der Waals surface area contributed by atoms with Crippen molar-refractivity contribution in [3.8, 4) is 0 Å². The third-order valence-corrected chi connectivity index (χ3v) is 8.64. The van der Waals surface area contributed by atoms with Gasteiger partial charge in [0.15, 0.2) is 0 Å². The minimum Gasteiger partial charge on any atom is -0.379 e. The van der Waals surface area contributed by atoms with Gasteiger partial charge in [0.2, 0.25) is 26.0 Å². The van der Waals surface area contributed by atoms with Gasteiger partial charge in [-0.15, -0.1) is 0 Å². The summed E-state index contributed by atoms with van der Waals surface area (Å²) in [4.78, 5) is 16.7. The molecule has 2 heterocycles. The van der Waals surface area contributed by atoms with E-state index in [-0.39, 0.29) is 36.1 Å². The molecule has 10 nitrogen and oxygen atoms in total. The summed E-state index contributed by atoms with van der Waals surface area (Å²) < 4.78 is 57.9. The third-order valence-electron chi connectivity index (χ3n) is 5.58. The maximum atomic E-state index is 12.8. The molecular weight excluding hydrogens is 444 g/mol. The normalized spacial score (nSPS) is 19.4. The molecule has 174 valence electrons. The Bertz CT molecular complexity index is 967. The van der Waals surface area contributed by atoms with Crippen LogP contribution in [0.3, 0.4) is 0 Å². The number of rotatable bonds is 7. The Labute approximate surface area is 184 Å². The molecule has 0 aliphatic carbocycles. The van der Waals surface area contributed by atoms with E-state index in [0.29, 0.717) is 26.3 Å². The van der Waals surface area contributed by atoms with Crippen LogP contribution in [0, 0.1) is 0 Å². The highest BCUT2D eigenvalue weighted by Crippen LogP contribution is 2.23. The molecule has 0 aromatic heterocycles. The van der Waals surface area contributed by atoms with E-state index in [1.54, 1.807) is 4.90 Å². The van der Waals surface area contributed by atoms with Gasteiger partial charge in [0.1, 0.15) is 6.54 Å². The molecule has 2 aliphatic rings. The lowest BCUT2D eigenvalue weighted by molar-refractivity contribution is -0.131. The summed E-state index contributed by atoms with van der Waals surface area (Å²) in [7, 11) is -7.42. The summed E-state index contributed by atoms with van der Waals surface area (Å²) in [6.45, 7) is 6.52. The molecule has 1 aromatic carbocycles. The molecule has 2 saturated heterocycles. The number of sulfonamides is 2. The SMILES string of the molecule is CCN1CCN(C(=O)CN(c2ccc(S(=O)(=O)N3CCOCC3)cc2)S(C)(=O)=O)CC1. The van der Waals surface area contributed by atoms with Crippen LogP contribution in [0.1, 0.15) is 6.92 Å². The summed E-state index contributed by atoms with van der Waals surface area (Å²) in [6.07, 6.45) is 1.04. The smallest absolute Gasteiger partial charge is 0.243 e. The Morgan fingerprint density at radius 2 is 1.55 bits per heavy atom. The van der Waals surface area contributed by atoms with Crippen LogP contribution < -0.4 is 4.31 Å². The number of nitrogens with zero attached hydrogens (tertiary/aromatic N) is 4. The number of piperazine rings is 1. The van der Waals surface area contributed by atoms with Crippen LogP contribution in [0.5, 0.6) is 0 Å². The average molecular weight is 475 g/mol. The number of carbonyl (C=O) groups excluding carboxylic acids is 1. The Hall–Kier alpha value is -1.73. The zero-order chi connectivity index (χ0) is 22.6. The zero-order valence-electron chi connectivity index (χ0n) is 17.9. The summed E-state index contributed by atoms with van der Waals surface area (Å²) in [6, 6.07) is 5.61. The zero-order valence-corrected chi connectivity index (χ0v) is 19.6. The topological polar surface area (TPSA) is 108 Å². The van der Waals surface area contributed by atoms with Crippen molar-refractivity contribution in [2.45, 2.75) is 11.8 Å². The molecule has 0 atom stereocenters. The van der Waals surface area contributed by atoms with Crippen molar-refractivity contribution in [2.75, 3.05) is 76.1 Å². The highest BCUT2D eigenvalue weighted by atomic mass is 32.2. The number of ether oxygens (including phenoxy) is 1. The molecule has 2 aliphatic heterocycles. The number of likely N-dealkylation sites (N-methyl/N-ethyl adjacent to an activating group) is 1. The van der Waals surface area contributed by atoms with Crippen molar-refractivity contribution in [3.63, 3.8) is 0 Å². The fraction of sp³-hybridized carbons (Fsp3) is 0.632. The Morgan fingerprint density at radius 1 is 0.968 bits per heavy atom. The molecule has 0 bridgehead atoms. The number of amides is 1. The lowest BCUT2D eigenvalue weighted by Crippen LogP contribution is -2.51. The number of morpholine rings is 1. The first kappa shape index (κ1) is 23.9. The quantitative estimate of drug-likeness (QED) is 0.531. The first-order valence-corrected chi connectivity index (χ1v) is 13.6. The second-order valence-corrected chi connectivity index (χ2v) is 11.4. The maximum Gasteiger partial charge on any atom is 0.243 e. The highest BCUT2D eigenvalue weighted by Gasteiger charge is 2.29. The summed E-state index contributed by atoms with van der Waals surface area (Å²) in [5.74, 6) is -0.272. The number of hydrogen-bond acceptors (Lipinski definition) is 7. The second-order valence-electron chi connectivity index (χ2n) is 7.60. The minimum atomic E-state index is -3.74.